The first-order valence-electron chi connectivity index (χ1n) is 9.55. The second-order valence-electron chi connectivity index (χ2n) is 7.11. The van der Waals surface area contributed by atoms with E-state index in [9.17, 15) is 13.2 Å². The van der Waals surface area contributed by atoms with Crippen molar-refractivity contribution in [2.24, 2.45) is 0 Å². The van der Waals surface area contributed by atoms with Crippen molar-refractivity contribution in [2.75, 3.05) is 39.3 Å². The second-order valence-corrected chi connectivity index (χ2v) is 9.94. The lowest BCUT2D eigenvalue weighted by atomic mass is 10.2. The van der Waals surface area contributed by atoms with Gasteiger partial charge in [-0.15, -0.1) is 11.3 Å². The van der Waals surface area contributed by atoms with E-state index >= 15 is 0 Å². The van der Waals surface area contributed by atoms with Gasteiger partial charge in [-0.2, -0.15) is 4.31 Å². The zero-order chi connectivity index (χ0) is 19.6. The Balaban J connectivity index is 1.42. The van der Waals surface area contributed by atoms with Gasteiger partial charge in [-0.05, 0) is 36.4 Å². The largest absolute Gasteiger partial charge is 0.335 e. The molecule has 1 amide bonds. The highest BCUT2D eigenvalue weighted by Gasteiger charge is 2.33. The molecule has 0 atom stereocenters. The van der Waals surface area contributed by atoms with Gasteiger partial charge in [0.1, 0.15) is 9.77 Å². The molecule has 0 aliphatic carbocycles. The SMILES string of the molecule is O=C(c1sccc1S(=O)(=O)N1CCCC1)N1CCN(Cc2ccccn2)CC1. The van der Waals surface area contributed by atoms with Crippen LogP contribution in [-0.2, 0) is 16.6 Å². The predicted molar refractivity (Wildman–Crippen MR) is 108 cm³/mol. The summed E-state index contributed by atoms with van der Waals surface area (Å²) in [6.45, 7) is 4.52. The molecule has 4 heterocycles. The van der Waals surface area contributed by atoms with Crippen LogP contribution >= 0.6 is 11.3 Å². The molecule has 0 saturated carbocycles. The molecule has 2 aliphatic rings. The van der Waals surface area contributed by atoms with Gasteiger partial charge in [0.05, 0.1) is 5.69 Å². The van der Waals surface area contributed by atoms with E-state index in [1.165, 1.54) is 15.6 Å². The number of piperazine rings is 1. The number of rotatable bonds is 5. The van der Waals surface area contributed by atoms with E-state index in [4.69, 9.17) is 0 Å². The van der Waals surface area contributed by atoms with E-state index in [2.05, 4.69) is 9.88 Å². The lowest BCUT2D eigenvalue weighted by Gasteiger charge is -2.34. The Bertz CT molecular complexity index is 916. The summed E-state index contributed by atoms with van der Waals surface area (Å²) in [6, 6.07) is 7.44. The van der Waals surface area contributed by atoms with Gasteiger partial charge in [-0.25, -0.2) is 8.42 Å². The number of hydrogen-bond donors (Lipinski definition) is 0. The van der Waals surface area contributed by atoms with Gasteiger partial charge in [0, 0.05) is 52.0 Å². The highest BCUT2D eigenvalue weighted by Crippen LogP contribution is 2.29. The molecule has 2 fully saturated rings. The van der Waals surface area contributed by atoms with E-state index < -0.39 is 10.0 Å². The van der Waals surface area contributed by atoms with Crippen LogP contribution in [0.1, 0.15) is 28.2 Å². The first-order chi connectivity index (χ1) is 13.6. The van der Waals surface area contributed by atoms with Crippen LogP contribution in [0, 0.1) is 0 Å². The Morgan fingerprint density at radius 3 is 2.46 bits per heavy atom. The molecule has 28 heavy (non-hydrogen) atoms. The Hall–Kier alpha value is -1.81. The molecule has 4 rings (SSSR count). The van der Waals surface area contributed by atoms with Gasteiger partial charge >= 0.3 is 0 Å². The van der Waals surface area contributed by atoms with Crippen molar-refractivity contribution in [1.29, 1.82) is 0 Å². The van der Waals surface area contributed by atoms with Crippen LogP contribution < -0.4 is 0 Å². The number of amides is 1. The van der Waals surface area contributed by atoms with Crippen molar-refractivity contribution in [3.05, 3.63) is 46.4 Å². The Morgan fingerprint density at radius 2 is 1.79 bits per heavy atom. The van der Waals surface area contributed by atoms with Crippen LogP contribution in [0.5, 0.6) is 0 Å². The summed E-state index contributed by atoms with van der Waals surface area (Å²) in [4.78, 5) is 21.9. The van der Waals surface area contributed by atoms with Gasteiger partial charge in [-0.3, -0.25) is 14.7 Å². The molecule has 9 heteroatoms. The molecule has 0 radical (unpaired) electrons. The highest BCUT2D eigenvalue weighted by molar-refractivity contribution is 7.89. The standard InChI is InChI=1S/C19H24N4O3S2/c24-19(18-17(6-14-27-18)28(25,26)23-8-3-4-9-23)22-12-10-21(11-13-22)15-16-5-1-2-7-20-16/h1-2,5-7,14H,3-4,8-13,15H2. The average Bonchev–Trinajstić information content (AvgIpc) is 3.41. The number of carbonyl (C=O) groups excluding carboxylic acids is 1. The molecular formula is C19H24N4O3S2. The normalized spacial score (nSPS) is 19.2. The van der Waals surface area contributed by atoms with Crippen LogP contribution in [0.15, 0.2) is 40.7 Å². The summed E-state index contributed by atoms with van der Waals surface area (Å²) in [5.41, 5.74) is 1.01. The molecule has 0 bridgehead atoms. The third kappa shape index (κ3) is 3.98. The lowest BCUT2D eigenvalue weighted by molar-refractivity contribution is 0.0628. The fraction of sp³-hybridized carbons (Fsp3) is 0.474. The summed E-state index contributed by atoms with van der Waals surface area (Å²) < 4.78 is 27.3. The van der Waals surface area contributed by atoms with E-state index in [1.54, 1.807) is 22.5 Å². The molecule has 2 aromatic rings. The van der Waals surface area contributed by atoms with Crippen LogP contribution in [0.2, 0.25) is 0 Å². The molecule has 150 valence electrons. The molecule has 2 aromatic heterocycles. The zero-order valence-corrected chi connectivity index (χ0v) is 17.3. The van der Waals surface area contributed by atoms with Crippen LogP contribution in [0.3, 0.4) is 0 Å². The maximum absolute atomic E-state index is 13.0. The summed E-state index contributed by atoms with van der Waals surface area (Å²) >= 11 is 1.22. The molecule has 0 aromatic carbocycles. The molecule has 7 nitrogen and oxygen atoms in total. The van der Waals surface area contributed by atoms with Crippen LogP contribution in [0.4, 0.5) is 0 Å². The fourth-order valence-electron chi connectivity index (χ4n) is 3.70. The predicted octanol–water partition coefficient (Wildman–Crippen LogP) is 1.89. The minimum absolute atomic E-state index is 0.167. The van der Waals surface area contributed by atoms with Gasteiger partial charge in [0.25, 0.3) is 5.91 Å². The number of carbonyl (C=O) groups is 1. The van der Waals surface area contributed by atoms with Gasteiger partial charge in [0.2, 0.25) is 10.0 Å². The van der Waals surface area contributed by atoms with E-state index in [-0.39, 0.29) is 10.8 Å². The molecule has 2 aliphatic heterocycles. The third-order valence-corrected chi connectivity index (χ3v) is 8.25. The smallest absolute Gasteiger partial charge is 0.265 e. The van der Waals surface area contributed by atoms with E-state index in [0.29, 0.717) is 31.1 Å². The van der Waals surface area contributed by atoms with E-state index in [0.717, 1.165) is 38.2 Å². The maximum atomic E-state index is 13.0. The number of thiophene rings is 1. The average molecular weight is 421 g/mol. The van der Waals surface area contributed by atoms with Gasteiger partial charge < -0.3 is 4.90 Å². The molecular weight excluding hydrogens is 396 g/mol. The second kappa shape index (κ2) is 8.28. The highest BCUT2D eigenvalue weighted by atomic mass is 32.2. The summed E-state index contributed by atoms with van der Waals surface area (Å²) in [5.74, 6) is -0.176. The van der Waals surface area contributed by atoms with Crippen LogP contribution in [-0.4, -0.2) is 72.7 Å². The Labute approximate surface area is 169 Å². The van der Waals surface area contributed by atoms with Crippen molar-refractivity contribution in [1.82, 2.24) is 19.1 Å². The van der Waals surface area contributed by atoms with Crippen molar-refractivity contribution in [2.45, 2.75) is 24.3 Å². The first kappa shape index (κ1) is 19.5. The molecule has 0 N–H and O–H groups in total. The first-order valence-corrected chi connectivity index (χ1v) is 11.9. The summed E-state index contributed by atoms with van der Waals surface area (Å²) in [5, 5.41) is 1.70. The molecule has 0 spiro atoms. The minimum atomic E-state index is -3.58. The monoisotopic (exact) mass is 420 g/mol. The summed E-state index contributed by atoms with van der Waals surface area (Å²) in [7, 11) is -3.58. The topological polar surface area (TPSA) is 73.8 Å². The Morgan fingerprint density at radius 1 is 1.04 bits per heavy atom. The fourth-order valence-corrected chi connectivity index (χ4v) is 6.58. The van der Waals surface area contributed by atoms with Gasteiger partial charge in [-0.1, -0.05) is 6.07 Å². The minimum Gasteiger partial charge on any atom is -0.335 e. The van der Waals surface area contributed by atoms with Crippen molar-refractivity contribution >= 4 is 27.3 Å². The maximum Gasteiger partial charge on any atom is 0.265 e. The Kier molecular flexibility index (Phi) is 5.77. The lowest BCUT2D eigenvalue weighted by Crippen LogP contribution is -2.48. The number of sulfonamides is 1. The van der Waals surface area contributed by atoms with Gasteiger partial charge in [0.15, 0.2) is 0 Å². The van der Waals surface area contributed by atoms with Crippen LogP contribution in [0.25, 0.3) is 0 Å². The third-order valence-electron chi connectivity index (χ3n) is 5.28. The number of nitrogens with zero attached hydrogens (tertiary/aromatic N) is 4. The number of pyridine rings is 1. The molecule has 0 unspecified atom stereocenters. The van der Waals surface area contributed by atoms with Crippen molar-refractivity contribution in [3.8, 4) is 0 Å². The number of aromatic nitrogens is 1. The van der Waals surface area contributed by atoms with Crippen molar-refractivity contribution < 1.29 is 13.2 Å². The zero-order valence-electron chi connectivity index (χ0n) is 15.7. The summed E-state index contributed by atoms with van der Waals surface area (Å²) in [6.07, 6.45) is 3.55. The molecule has 2 saturated heterocycles. The number of hydrogen-bond acceptors (Lipinski definition) is 6. The van der Waals surface area contributed by atoms with Crippen molar-refractivity contribution in [3.63, 3.8) is 0 Å². The quantitative estimate of drug-likeness (QED) is 0.739. The van der Waals surface area contributed by atoms with E-state index in [1.807, 2.05) is 18.2 Å².